The maximum absolute atomic E-state index is 10.9. The molecule has 1 aromatic carbocycles. The molecule has 0 aliphatic heterocycles. The fourth-order valence-electron chi connectivity index (χ4n) is 2.19. The van der Waals surface area contributed by atoms with E-state index in [4.69, 9.17) is 5.11 Å². The van der Waals surface area contributed by atoms with Gasteiger partial charge in [-0.1, -0.05) is 35.1 Å². The van der Waals surface area contributed by atoms with Crippen molar-refractivity contribution in [2.75, 3.05) is 0 Å². The highest BCUT2D eigenvalue weighted by atomic mass is 32.1. The summed E-state index contributed by atoms with van der Waals surface area (Å²) >= 11 is 1.43. The fourth-order valence-corrected chi connectivity index (χ4v) is 3.05. The summed E-state index contributed by atoms with van der Waals surface area (Å²) in [5.74, 6) is -0.937. The Labute approximate surface area is 131 Å². The number of rotatable bonds is 4. The van der Waals surface area contributed by atoms with Crippen molar-refractivity contribution < 1.29 is 9.90 Å². The number of hydrogen-bond donors (Lipinski definition) is 1. The average molecular weight is 314 g/mol. The minimum Gasteiger partial charge on any atom is -0.480 e. The van der Waals surface area contributed by atoms with Crippen molar-refractivity contribution in [2.24, 2.45) is 0 Å². The van der Waals surface area contributed by atoms with Crippen LogP contribution in [0.1, 0.15) is 11.3 Å². The van der Waals surface area contributed by atoms with E-state index in [2.05, 4.69) is 15.3 Å². The van der Waals surface area contributed by atoms with Crippen molar-refractivity contribution in [3.8, 4) is 21.3 Å². The standard InChI is InChI=1S/C15H14N4O2S/c1-9-4-3-5-11(6-9)14-16-17-15(22-14)12-7-10(2)18-19(12)8-13(20)21/h3-7H,8H2,1-2H3,(H,20,21). The molecule has 0 fully saturated rings. The minimum absolute atomic E-state index is 0.192. The van der Waals surface area contributed by atoms with E-state index in [0.29, 0.717) is 10.7 Å². The summed E-state index contributed by atoms with van der Waals surface area (Å²) in [5, 5.41) is 23.0. The lowest BCUT2D eigenvalue weighted by Crippen LogP contribution is -2.11. The zero-order valence-electron chi connectivity index (χ0n) is 12.1. The summed E-state index contributed by atoms with van der Waals surface area (Å²) in [6.45, 7) is 3.66. The van der Waals surface area contributed by atoms with Gasteiger partial charge < -0.3 is 5.11 Å². The van der Waals surface area contributed by atoms with Gasteiger partial charge in [-0.05, 0) is 26.0 Å². The Kier molecular flexibility index (Phi) is 3.72. The predicted molar refractivity (Wildman–Crippen MR) is 83.7 cm³/mol. The number of carboxylic acids is 1. The molecule has 0 aliphatic rings. The van der Waals surface area contributed by atoms with Crippen LogP contribution in [-0.4, -0.2) is 31.1 Å². The summed E-state index contributed by atoms with van der Waals surface area (Å²) in [6, 6.07) is 9.85. The van der Waals surface area contributed by atoms with E-state index in [1.54, 1.807) is 0 Å². The van der Waals surface area contributed by atoms with E-state index in [9.17, 15) is 4.79 Å². The number of benzene rings is 1. The molecule has 0 bridgehead atoms. The zero-order valence-corrected chi connectivity index (χ0v) is 13.0. The first-order valence-corrected chi connectivity index (χ1v) is 7.52. The maximum Gasteiger partial charge on any atom is 0.325 e. The van der Waals surface area contributed by atoms with Gasteiger partial charge in [0.15, 0.2) is 5.01 Å². The van der Waals surface area contributed by atoms with Gasteiger partial charge in [0.25, 0.3) is 0 Å². The summed E-state index contributed by atoms with van der Waals surface area (Å²) in [7, 11) is 0. The van der Waals surface area contributed by atoms with E-state index >= 15 is 0 Å². The molecule has 112 valence electrons. The molecule has 0 unspecified atom stereocenters. The molecule has 0 radical (unpaired) electrons. The number of aromatic nitrogens is 4. The minimum atomic E-state index is -0.937. The van der Waals surface area contributed by atoms with E-state index in [-0.39, 0.29) is 6.54 Å². The lowest BCUT2D eigenvalue weighted by atomic mass is 10.1. The van der Waals surface area contributed by atoms with Crippen molar-refractivity contribution in [1.29, 1.82) is 0 Å². The van der Waals surface area contributed by atoms with E-state index in [1.807, 2.05) is 44.2 Å². The molecule has 0 atom stereocenters. The third-order valence-corrected chi connectivity index (χ3v) is 4.09. The molecular weight excluding hydrogens is 300 g/mol. The van der Waals surface area contributed by atoms with Crippen LogP contribution < -0.4 is 0 Å². The largest absolute Gasteiger partial charge is 0.480 e. The smallest absolute Gasteiger partial charge is 0.325 e. The second-order valence-corrected chi connectivity index (χ2v) is 5.98. The van der Waals surface area contributed by atoms with Gasteiger partial charge in [0.05, 0.1) is 11.4 Å². The van der Waals surface area contributed by atoms with Crippen LogP contribution in [0, 0.1) is 13.8 Å². The van der Waals surface area contributed by atoms with E-state index in [1.165, 1.54) is 16.0 Å². The van der Waals surface area contributed by atoms with Gasteiger partial charge in [-0.15, -0.1) is 10.2 Å². The van der Waals surface area contributed by atoms with E-state index < -0.39 is 5.97 Å². The first-order valence-electron chi connectivity index (χ1n) is 6.70. The molecule has 0 amide bonds. The summed E-state index contributed by atoms with van der Waals surface area (Å²) in [4.78, 5) is 10.9. The SMILES string of the molecule is Cc1cccc(-c2nnc(-c3cc(C)nn3CC(=O)O)s2)c1. The third kappa shape index (κ3) is 2.89. The molecule has 7 heteroatoms. The van der Waals surface area contributed by atoms with E-state index in [0.717, 1.165) is 21.8 Å². The number of nitrogens with zero attached hydrogens (tertiary/aromatic N) is 4. The van der Waals surface area contributed by atoms with Crippen LogP contribution in [0.25, 0.3) is 21.3 Å². The molecule has 0 aliphatic carbocycles. The molecule has 2 heterocycles. The normalized spacial score (nSPS) is 10.8. The van der Waals surface area contributed by atoms with Gasteiger partial charge >= 0.3 is 5.97 Å². The van der Waals surface area contributed by atoms with Gasteiger partial charge in [-0.3, -0.25) is 9.48 Å². The second-order valence-electron chi connectivity index (χ2n) is 5.00. The number of aryl methyl sites for hydroxylation is 2. The van der Waals surface area contributed by atoms with Gasteiger partial charge in [0.2, 0.25) is 0 Å². The highest BCUT2D eigenvalue weighted by Crippen LogP contribution is 2.30. The Morgan fingerprint density at radius 2 is 2.00 bits per heavy atom. The second kappa shape index (κ2) is 5.69. The van der Waals surface area contributed by atoms with Crippen molar-refractivity contribution in [3.05, 3.63) is 41.6 Å². The Balaban J connectivity index is 1.99. The predicted octanol–water partition coefficient (Wildman–Crippen LogP) is 2.77. The topological polar surface area (TPSA) is 80.9 Å². The van der Waals surface area contributed by atoms with Crippen LogP contribution in [-0.2, 0) is 11.3 Å². The fraction of sp³-hybridized carbons (Fsp3) is 0.200. The van der Waals surface area contributed by atoms with Crippen LogP contribution in [0.3, 0.4) is 0 Å². The zero-order chi connectivity index (χ0) is 15.7. The highest BCUT2D eigenvalue weighted by molar-refractivity contribution is 7.17. The number of aliphatic carboxylic acids is 1. The number of hydrogen-bond acceptors (Lipinski definition) is 5. The molecule has 1 N–H and O–H groups in total. The third-order valence-electron chi connectivity index (χ3n) is 3.10. The van der Waals surface area contributed by atoms with Crippen LogP contribution in [0.4, 0.5) is 0 Å². The Morgan fingerprint density at radius 3 is 2.73 bits per heavy atom. The molecule has 6 nitrogen and oxygen atoms in total. The molecule has 3 aromatic rings. The molecule has 2 aromatic heterocycles. The molecule has 0 saturated carbocycles. The maximum atomic E-state index is 10.9. The number of carboxylic acid groups (broad SMARTS) is 1. The molecule has 0 spiro atoms. The molecule has 22 heavy (non-hydrogen) atoms. The van der Waals surface area contributed by atoms with Gasteiger partial charge in [0, 0.05) is 5.56 Å². The summed E-state index contributed by atoms with van der Waals surface area (Å²) < 4.78 is 1.44. The first-order chi connectivity index (χ1) is 10.5. The van der Waals surface area contributed by atoms with Gasteiger partial charge in [-0.25, -0.2) is 0 Å². The van der Waals surface area contributed by atoms with Crippen molar-refractivity contribution in [2.45, 2.75) is 20.4 Å². The number of carbonyl (C=O) groups is 1. The molecule has 0 saturated heterocycles. The lowest BCUT2D eigenvalue weighted by molar-refractivity contribution is -0.137. The van der Waals surface area contributed by atoms with Crippen molar-refractivity contribution in [3.63, 3.8) is 0 Å². The van der Waals surface area contributed by atoms with Crippen LogP contribution in [0.15, 0.2) is 30.3 Å². The van der Waals surface area contributed by atoms with Crippen molar-refractivity contribution >= 4 is 17.3 Å². The van der Waals surface area contributed by atoms with Gasteiger partial charge in [-0.2, -0.15) is 5.10 Å². The van der Waals surface area contributed by atoms with Crippen LogP contribution >= 0.6 is 11.3 Å². The Morgan fingerprint density at radius 1 is 1.23 bits per heavy atom. The van der Waals surface area contributed by atoms with Crippen LogP contribution in [0.2, 0.25) is 0 Å². The van der Waals surface area contributed by atoms with Crippen LogP contribution in [0.5, 0.6) is 0 Å². The summed E-state index contributed by atoms with van der Waals surface area (Å²) in [5.41, 5.74) is 3.59. The molecule has 3 rings (SSSR count). The monoisotopic (exact) mass is 314 g/mol. The van der Waals surface area contributed by atoms with Crippen molar-refractivity contribution in [1.82, 2.24) is 20.0 Å². The summed E-state index contributed by atoms with van der Waals surface area (Å²) in [6.07, 6.45) is 0. The lowest BCUT2D eigenvalue weighted by Gasteiger charge is -2.00. The van der Waals surface area contributed by atoms with Gasteiger partial charge in [0.1, 0.15) is 11.6 Å². The highest BCUT2D eigenvalue weighted by Gasteiger charge is 2.15. The molecular formula is C15H14N4O2S. The Hall–Kier alpha value is -2.54. The average Bonchev–Trinajstić information content (AvgIpc) is 3.05. The quantitative estimate of drug-likeness (QED) is 0.801. The Bertz CT molecular complexity index is 838. The first kappa shape index (κ1) is 14.4.